The second-order valence-electron chi connectivity index (χ2n) is 3.70. The molecule has 0 saturated heterocycles. The van der Waals surface area contributed by atoms with Crippen molar-refractivity contribution in [2.24, 2.45) is 7.05 Å². The molecule has 0 aliphatic carbocycles. The van der Waals surface area contributed by atoms with Crippen molar-refractivity contribution >= 4 is 11.8 Å². The van der Waals surface area contributed by atoms with Gasteiger partial charge in [0.1, 0.15) is 11.8 Å². The Bertz CT molecular complexity index is 568. The Kier molecular flexibility index (Phi) is 3.45. The summed E-state index contributed by atoms with van der Waals surface area (Å²) in [6.45, 7) is 1.98. The molecule has 0 amide bonds. The molecular formula is C12H12N4S. The van der Waals surface area contributed by atoms with Gasteiger partial charge < -0.3 is 0 Å². The fraction of sp³-hybridized carbons (Fsp3) is 0.250. The van der Waals surface area contributed by atoms with E-state index in [4.69, 9.17) is 5.26 Å². The number of thioether (sulfide) groups is 1. The molecule has 4 nitrogen and oxygen atoms in total. The predicted molar refractivity (Wildman–Crippen MR) is 66.5 cm³/mol. The van der Waals surface area contributed by atoms with E-state index in [0.717, 1.165) is 22.0 Å². The summed E-state index contributed by atoms with van der Waals surface area (Å²) in [5, 5.41) is 14.2. The van der Waals surface area contributed by atoms with Gasteiger partial charge >= 0.3 is 0 Å². The molecule has 0 saturated carbocycles. The summed E-state index contributed by atoms with van der Waals surface area (Å²) < 4.78 is 1.87. The summed E-state index contributed by atoms with van der Waals surface area (Å²) in [4.78, 5) is 3.95. The fourth-order valence-electron chi connectivity index (χ4n) is 1.50. The van der Waals surface area contributed by atoms with Gasteiger partial charge in [-0.25, -0.2) is 4.98 Å². The minimum Gasteiger partial charge on any atom is -0.262 e. The molecule has 0 aliphatic rings. The van der Waals surface area contributed by atoms with E-state index in [2.05, 4.69) is 16.1 Å². The van der Waals surface area contributed by atoms with E-state index in [1.807, 2.05) is 36.9 Å². The molecule has 2 rings (SSSR count). The highest BCUT2D eigenvalue weighted by Crippen LogP contribution is 2.22. The Morgan fingerprint density at radius 2 is 2.29 bits per heavy atom. The monoisotopic (exact) mass is 244 g/mol. The molecular weight excluding hydrogens is 232 g/mol. The number of hydrogen-bond acceptors (Lipinski definition) is 4. The topological polar surface area (TPSA) is 54.5 Å². The quantitative estimate of drug-likeness (QED) is 0.777. The summed E-state index contributed by atoms with van der Waals surface area (Å²) in [6.07, 6.45) is 1.67. The van der Waals surface area contributed by atoms with Gasteiger partial charge in [-0.1, -0.05) is 0 Å². The Balaban J connectivity index is 2.07. The lowest BCUT2D eigenvalue weighted by atomic mass is 10.2. The van der Waals surface area contributed by atoms with Gasteiger partial charge in [-0.2, -0.15) is 10.4 Å². The summed E-state index contributed by atoms with van der Waals surface area (Å²) in [5.41, 5.74) is 2.58. The number of nitrogens with zero attached hydrogens (tertiary/aromatic N) is 4. The third kappa shape index (κ3) is 2.86. The maximum Gasteiger partial charge on any atom is 0.140 e. The first-order valence-electron chi connectivity index (χ1n) is 5.17. The lowest BCUT2D eigenvalue weighted by Gasteiger charge is -2.02. The normalized spacial score (nSPS) is 10.2. The molecule has 0 aliphatic heterocycles. The Labute approximate surface area is 104 Å². The highest BCUT2D eigenvalue weighted by molar-refractivity contribution is 7.98. The van der Waals surface area contributed by atoms with Gasteiger partial charge in [-0.05, 0) is 30.7 Å². The molecule has 0 spiro atoms. The molecule has 0 fully saturated rings. The van der Waals surface area contributed by atoms with E-state index in [1.165, 1.54) is 0 Å². The standard InChI is InChI=1S/C12H12N4S/c1-9-5-12(16(2)15-9)17-8-10-3-4-14-11(6-10)7-13/h3-6H,8H2,1-2H3. The van der Waals surface area contributed by atoms with Gasteiger partial charge in [0, 0.05) is 19.0 Å². The van der Waals surface area contributed by atoms with Crippen molar-refractivity contribution in [1.29, 1.82) is 5.26 Å². The maximum atomic E-state index is 8.76. The van der Waals surface area contributed by atoms with Gasteiger partial charge in [-0.15, -0.1) is 11.8 Å². The van der Waals surface area contributed by atoms with Crippen LogP contribution in [0.2, 0.25) is 0 Å². The van der Waals surface area contributed by atoms with Crippen LogP contribution in [0.5, 0.6) is 0 Å². The molecule has 0 N–H and O–H groups in total. The minimum absolute atomic E-state index is 0.462. The van der Waals surface area contributed by atoms with Crippen LogP contribution >= 0.6 is 11.8 Å². The zero-order valence-corrected chi connectivity index (χ0v) is 10.5. The number of pyridine rings is 1. The number of nitriles is 1. The largest absolute Gasteiger partial charge is 0.262 e. The molecule has 2 heterocycles. The summed E-state index contributed by atoms with van der Waals surface area (Å²) in [7, 11) is 1.93. The molecule has 0 bridgehead atoms. The van der Waals surface area contributed by atoms with E-state index >= 15 is 0 Å². The fourth-order valence-corrected chi connectivity index (χ4v) is 2.48. The first kappa shape index (κ1) is 11.7. The van der Waals surface area contributed by atoms with E-state index in [9.17, 15) is 0 Å². The Hall–Kier alpha value is -1.80. The van der Waals surface area contributed by atoms with Crippen molar-refractivity contribution < 1.29 is 0 Å². The van der Waals surface area contributed by atoms with Crippen LogP contribution in [-0.2, 0) is 12.8 Å². The van der Waals surface area contributed by atoms with Crippen molar-refractivity contribution in [3.8, 4) is 6.07 Å². The average Bonchev–Trinajstić information content (AvgIpc) is 2.65. The number of aryl methyl sites for hydroxylation is 2. The van der Waals surface area contributed by atoms with Crippen LogP contribution in [0.3, 0.4) is 0 Å². The molecule has 0 aromatic carbocycles. The van der Waals surface area contributed by atoms with E-state index in [0.29, 0.717) is 5.69 Å². The van der Waals surface area contributed by atoms with Crippen LogP contribution in [0.1, 0.15) is 17.0 Å². The van der Waals surface area contributed by atoms with E-state index < -0.39 is 0 Å². The van der Waals surface area contributed by atoms with Crippen molar-refractivity contribution in [2.45, 2.75) is 17.7 Å². The highest BCUT2D eigenvalue weighted by atomic mass is 32.2. The van der Waals surface area contributed by atoms with Crippen LogP contribution < -0.4 is 0 Å². The molecule has 17 heavy (non-hydrogen) atoms. The van der Waals surface area contributed by atoms with Crippen LogP contribution in [0.15, 0.2) is 29.4 Å². The molecule has 86 valence electrons. The number of rotatable bonds is 3. The van der Waals surface area contributed by atoms with Crippen LogP contribution in [0.25, 0.3) is 0 Å². The Morgan fingerprint density at radius 3 is 2.94 bits per heavy atom. The maximum absolute atomic E-state index is 8.76. The smallest absolute Gasteiger partial charge is 0.140 e. The van der Waals surface area contributed by atoms with Crippen molar-refractivity contribution in [1.82, 2.24) is 14.8 Å². The third-order valence-electron chi connectivity index (χ3n) is 2.28. The second-order valence-corrected chi connectivity index (χ2v) is 4.69. The van der Waals surface area contributed by atoms with Crippen LogP contribution in [0, 0.1) is 18.3 Å². The first-order valence-corrected chi connectivity index (χ1v) is 6.16. The lowest BCUT2D eigenvalue weighted by molar-refractivity contribution is 0.692. The molecule has 5 heteroatoms. The van der Waals surface area contributed by atoms with Gasteiger partial charge in [0.05, 0.1) is 10.7 Å². The molecule has 0 unspecified atom stereocenters. The zero-order valence-electron chi connectivity index (χ0n) is 9.71. The van der Waals surface area contributed by atoms with E-state index in [-0.39, 0.29) is 0 Å². The molecule has 0 radical (unpaired) electrons. The third-order valence-corrected chi connectivity index (χ3v) is 3.44. The van der Waals surface area contributed by atoms with E-state index in [1.54, 1.807) is 18.0 Å². The first-order chi connectivity index (χ1) is 8.19. The second kappa shape index (κ2) is 5.02. The van der Waals surface area contributed by atoms with Crippen molar-refractivity contribution in [3.05, 3.63) is 41.3 Å². The van der Waals surface area contributed by atoms with Crippen molar-refractivity contribution in [2.75, 3.05) is 0 Å². The molecule has 2 aromatic rings. The SMILES string of the molecule is Cc1cc(SCc2ccnc(C#N)c2)n(C)n1. The van der Waals surface area contributed by atoms with Crippen LogP contribution in [0.4, 0.5) is 0 Å². The summed E-state index contributed by atoms with van der Waals surface area (Å²) in [5.74, 6) is 0.816. The lowest BCUT2D eigenvalue weighted by Crippen LogP contribution is -1.93. The van der Waals surface area contributed by atoms with Gasteiger partial charge in [0.25, 0.3) is 0 Å². The average molecular weight is 244 g/mol. The summed E-state index contributed by atoms with van der Waals surface area (Å²) >= 11 is 1.70. The Morgan fingerprint density at radius 1 is 1.47 bits per heavy atom. The molecule has 0 atom stereocenters. The predicted octanol–water partition coefficient (Wildman–Crippen LogP) is 2.29. The number of aromatic nitrogens is 3. The van der Waals surface area contributed by atoms with Crippen molar-refractivity contribution in [3.63, 3.8) is 0 Å². The van der Waals surface area contributed by atoms with Gasteiger partial charge in [0.15, 0.2) is 0 Å². The number of hydrogen-bond donors (Lipinski definition) is 0. The highest BCUT2D eigenvalue weighted by Gasteiger charge is 2.03. The van der Waals surface area contributed by atoms with Gasteiger partial charge in [0.2, 0.25) is 0 Å². The summed E-state index contributed by atoms with van der Waals surface area (Å²) in [6, 6.07) is 7.84. The van der Waals surface area contributed by atoms with Gasteiger partial charge in [-0.3, -0.25) is 4.68 Å². The van der Waals surface area contributed by atoms with Crippen LogP contribution in [-0.4, -0.2) is 14.8 Å². The minimum atomic E-state index is 0.462. The molecule has 2 aromatic heterocycles. The zero-order chi connectivity index (χ0) is 12.3.